The van der Waals surface area contributed by atoms with E-state index in [1.165, 1.54) is 6.04 Å². The summed E-state index contributed by atoms with van der Waals surface area (Å²) in [6.07, 6.45) is 11.3. The molecule has 0 fully saturated rings. The molecule has 0 aromatic heterocycles. The molecule has 0 saturated carbocycles. The fourth-order valence-electron chi connectivity index (χ4n) is 3.82. The number of hydrogen-bond donors (Lipinski definition) is 0. The van der Waals surface area contributed by atoms with Crippen molar-refractivity contribution in [2.75, 3.05) is 0 Å². The van der Waals surface area contributed by atoms with E-state index in [0.29, 0.717) is 0 Å². The van der Waals surface area contributed by atoms with Crippen molar-refractivity contribution >= 4 is 24.2 Å². The molecule has 0 aromatic carbocycles. The van der Waals surface area contributed by atoms with Gasteiger partial charge in [-0.1, -0.05) is 63.6 Å². The van der Waals surface area contributed by atoms with Crippen molar-refractivity contribution in [3.05, 3.63) is 81.9 Å². The third-order valence-electron chi connectivity index (χ3n) is 5.13. The Balaban J connectivity index is -0.000000661. The van der Waals surface area contributed by atoms with Crippen LogP contribution in [0.2, 0.25) is 57.4 Å². The Hall–Kier alpha value is 0.0390. The van der Waals surface area contributed by atoms with Crippen molar-refractivity contribution < 1.29 is 21.1 Å². The molecule has 0 amide bonds. The summed E-state index contributed by atoms with van der Waals surface area (Å²) in [7, 11) is -4.44. The van der Waals surface area contributed by atoms with E-state index in [0.717, 1.165) is 18.5 Å². The van der Waals surface area contributed by atoms with E-state index in [-0.39, 0.29) is 43.3 Å². The predicted octanol–water partition coefficient (Wildman–Crippen LogP) is 8.07. The van der Waals surface area contributed by atoms with Crippen LogP contribution in [0.15, 0.2) is 53.6 Å². The average Bonchev–Trinajstić information content (AvgIpc) is 2.85. The van der Waals surface area contributed by atoms with Crippen LogP contribution in [0, 0.1) is 28.4 Å². The van der Waals surface area contributed by atoms with Crippen LogP contribution in [0.25, 0.3) is 0 Å². The molecule has 0 aromatic rings. The Morgan fingerprint density at radius 1 is 0.741 bits per heavy atom. The first-order valence-electron chi connectivity index (χ1n) is 8.72. The molecule has 1 aliphatic rings. The van der Waals surface area contributed by atoms with Crippen molar-refractivity contribution in [3.63, 3.8) is 0 Å². The summed E-state index contributed by atoms with van der Waals surface area (Å²) in [5.41, 5.74) is 0. The molecule has 158 valence electrons. The van der Waals surface area contributed by atoms with Crippen molar-refractivity contribution in [2.24, 2.45) is 0 Å². The quantitative estimate of drug-likeness (QED) is 0.143. The monoisotopic (exact) mass is 599 g/mol. The molecule has 0 N–H and O–H groups in total. The number of allylic oxidation sites excluding steroid dienone is 7. The summed E-state index contributed by atoms with van der Waals surface area (Å²) in [4.78, 5) is 0. The Kier molecular flexibility index (Phi) is 17.0. The number of hydrogen-bond acceptors (Lipinski definition) is 0. The van der Waals surface area contributed by atoms with Gasteiger partial charge in [0, 0.05) is 8.07 Å². The zero-order valence-electron chi connectivity index (χ0n) is 19.5. The summed E-state index contributed by atoms with van der Waals surface area (Å²) >= 11 is 0. The first-order chi connectivity index (χ1) is 10.5. The first-order valence-corrected chi connectivity index (χ1v) is 18.3. The molecular weight excluding hydrogens is 556 g/mol. The molecule has 0 unspecified atom stereocenters. The third kappa shape index (κ3) is 8.12. The second kappa shape index (κ2) is 13.3. The fourth-order valence-corrected chi connectivity index (χ4v) is 15.3. The summed E-state index contributed by atoms with van der Waals surface area (Å²) in [5.74, 6) is 0. The molecule has 0 saturated heterocycles. The van der Waals surface area contributed by atoms with Crippen molar-refractivity contribution in [1.29, 1.82) is 0 Å². The van der Waals surface area contributed by atoms with Gasteiger partial charge in [-0.2, -0.15) is 5.20 Å². The molecule has 0 atom stereocenters. The molecule has 0 nitrogen and oxygen atoms in total. The van der Waals surface area contributed by atoms with Gasteiger partial charge in [0.05, 0.1) is 8.07 Å². The maximum Gasteiger partial charge on any atom is 4.00 e. The molecule has 0 bridgehead atoms. The van der Waals surface area contributed by atoms with Crippen LogP contribution in [0.4, 0.5) is 0 Å². The van der Waals surface area contributed by atoms with E-state index in [1.807, 2.05) is 0 Å². The minimum Gasteiger partial charge on any atom is -0.358 e. The van der Waals surface area contributed by atoms with Crippen molar-refractivity contribution in [3.8, 4) is 0 Å². The van der Waals surface area contributed by atoms with E-state index < -0.39 is 24.2 Å². The maximum atomic E-state index is 4.04. The second-order valence-corrected chi connectivity index (χ2v) is 22.8. The molecule has 0 aliphatic heterocycles. The largest absolute Gasteiger partial charge is 4.00 e. The topological polar surface area (TPSA) is 0 Å². The second-order valence-electron chi connectivity index (χ2n) is 8.71. The summed E-state index contributed by atoms with van der Waals surface area (Å²) in [6, 6.07) is 3.48. The molecule has 0 heterocycles. The standard InChI is InChI=1S/C20H35Si3.3CH3.Pt/c1-10-15-21(4,5)18-13-14-19(22(6,7)16-11-2)20(18)23(8,9)17-12-3;;;;/h10-12H,1-3,13,15-17H2,4-9H3;3*1H3;/q4*-1;+4. The molecule has 1 rings (SSSR count). The van der Waals surface area contributed by atoms with Gasteiger partial charge in [0.25, 0.3) is 0 Å². The van der Waals surface area contributed by atoms with E-state index >= 15 is 0 Å². The van der Waals surface area contributed by atoms with Crippen LogP contribution in [0.5, 0.6) is 0 Å². The van der Waals surface area contributed by atoms with E-state index in [2.05, 4.69) is 83.3 Å². The minimum atomic E-state index is -1.51. The van der Waals surface area contributed by atoms with Gasteiger partial charge in [-0.3, -0.25) is 6.08 Å². The molecule has 0 radical (unpaired) electrons. The van der Waals surface area contributed by atoms with Crippen LogP contribution in [0.3, 0.4) is 0 Å². The fraction of sp³-hybridized carbons (Fsp3) is 0.435. The molecular formula is C23H44PtSi3. The van der Waals surface area contributed by atoms with Crippen molar-refractivity contribution in [2.45, 2.75) is 63.8 Å². The van der Waals surface area contributed by atoms with Crippen LogP contribution in [0.1, 0.15) is 6.42 Å². The van der Waals surface area contributed by atoms with Crippen molar-refractivity contribution in [1.82, 2.24) is 0 Å². The maximum absolute atomic E-state index is 4.04. The molecule has 27 heavy (non-hydrogen) atoms. The average molecular weight is 600 g/mol. The predicted molar refractivity (Wildman–Crippen MR) is 135 cm³/mol. The third-order valence-corrected chi connectivity index (χ3v) is 15.3. The van der Waals surface area contributed by atoms with E-state index in [4.69, 9.17) is 0 Å². The zero-order valence-corrected chi connectivity index (χ0v) is 24.8. The molecule has 4 heteroatoms. The van der Waals surface area contributed by atoms with Gasteiger partial charge < -0.3 is 22.3 Å². The van der Waals surface area contributed by atoms with Crippen LogP contribution in [-0.4, -0.2) is 24.2 Å². The van der Waals surface area contributed by atoms with Gasteiger partial charge >= 0.3 is 21.1 Å². The van der Waals surface area contributed by atoms with Gasteiger partial charge in [0.15, 0.2) is 0 Å². The Labute approximate surface area is 190 Å². The SMILES string of the molecule is C=CC[Si](C)(C)C1=[C-]CC([Si](C)(C)CC=C)=C1[Si](C)(C)CC=C.[CH3-].[CH3-].[CH3-].[Pt+4]. The Morgan fingerprint density at radius 3 is 1.52 bits per heavy atom. The van der Waals surface area contributed by atoms with E-state index in [9.17, 15) is 0 Å². The normalized spacial score (nSPS) is 13.9. The van der Waals surface area contributed by atoms with Gasteiger partial charge in [0.2, 0.25) is 0 Å². The van der Waals surface area contributed by atoms with Gasteiger partial charge in [-0.05, 0) is 20.2 Å². The smallest absolute Gasteiger partial charge is 0.358 e. The molecule has 0 spiro atoms. The molecule has 1 aliphatic carbocycles. The summed E-state index contributed by atoms with van der Waals surface area (Å²) < 4.78 is 0. The zero-order chi connectivity index (χ0) is 17.9. The van der Waals surface area contributed by atoms with Gasteiger partial charge in [0.1, 0.15) is 0 Å². The van der Waals surface area contributed by atoms with Gasteiger partial charge in [-0.15, -0.1) is 26.2 Å². The van der Waals surface area contributed by atoms with E-state index in [1.54, 1.807) is 15.6 Å². The number of rotatable bonds is 9. The summed E-state index contributed by atoms with van der Waals surface area (Å²) in [5, 5.41) is 5.14. The Morgan fingerprint density at radius 2 is 1.11 bits per heavy atom. The first kappa shape index (κ1) is 34.5. The Bertz CT molecular complexity index is 552. The summed E-state index contributed by atoms with van der Waals surface area (Å²) in [6.45, 7) is 27.1. The van der Waals surface area contributed by atoms with Crippen LogP contribution < -0.4 is 0 Å². The van der Waals surface area contributed by atoms with Crippen LogP contribution in [-0.2, 0) is 21.1 Å². The minimum absolute atomic E-state index is 0. The van der Waals surface area contributed by atoms with Gasteiger partial charge in [-0.25, -0.2) is 10.4 Å². The van der Waals surface area contributed by atoms with Crippen LogP contribution >= 0.6 is 0 Å².